The lowest BCUT2D eigenvalue weighted by atomic mass is 10.1. The number of carbonyl (C=O) groups excluding carboxylic acids is 1. The number of benzene rings is 1. The number of nitrogens with zero attached hydrogens (tertiary/aromatic N) is 5. The fourth-order valence-electron chi connectivity index (χ4n) is 4.27. The van der Waals surface area contributed by atoms with Crippen molar-refractivity contribution in [3.63, 3.8) is 0 Å². The van der Waals surface area contributed by atoms with E-state index in [9.17, 15) is 4.79 Å². The Kier molecular flexibility index (Phi) is 4.36. The average Bonchev–Trinajstić information content (AvgIpc) is 3.22. The lowest BCUT2D eigenvalue weighted by molar-refractivity contribution is -0.127. The molecule has 1 fully saturated rings. The fraction of sp³-hybridized carbons (Fsp3) is 0.208. The molecule has 0 unspecified atom stereocenters. The van der Waals surface area contributed by atoms with Crippen LogP contribution in [0.1, 0.15) is 18.5 Å². The van der Waals surface area contributed by atoms with Crippen molar-refractivity contribution in [1.29, 1.82) is 0 Å². The second-order valence-corrected chi connectivity index (χ2v) is 8.57. The number of amides is 1. The number of hydrogen-bond donors (Lipinski definition) is 3. The number of nitrogen functional groups attached to an aromatic ring is 1. The third-order valence-corrected chi connectivity index (χ3v) is 6.30. The number of nitrogens with two attached hydrogens (primary N) is 1. The Labute approximate surface area is 189 Å². The third-order valence-electron chi connectivity index (χ3n) is 6.30. The van der Waals surface area contributed by atoms with E-state index in [2.05, 4.69) is 25.5 Å². The van der Waals surface area contributed by atoms with Gasteiger partial charge in [0.2, 0.25) is 5.91 Å². The van der Waals surface area contributed by atoms with Gasteiger partial charge in [-0.15, -0.1) is 0 Å². The maximum atomic E-state index is 12.9. The molecule has 9 nitrogen and oxygen atoms in total. The summed E-state index contributed by atoms with van der Waals surface area (Å²) in [5.74, 6) is 0.461. The van der Waals surface area contributed by atoms with Gasteiger partial charge in [-0.3, -0.25) is 19.6 Å². The summed E-state index contributed by atoms with van der Waals surface area (Å²) < 4.78 is 1.83. The summed E-state index contributed by atoms with van der Waals surface area (Å²) in [7, 11) is 0. The summed E-state index contributed by atoms with van der Waals surface area (Å²) in [6, 6.07) is 13.6. The van der Waals surface area contributed by atoms with Gasteiger partial charge in [-0.25, -0.2) is 4.98 Å². The second kappa shape index (κ2) is 7.40. The molecule has 4 aromatic heterocycles. The van der Waals surface area contributed by atoms with Crippen LogP contribution in [0.4, 0.5) is 5.82 Å². The van der Waals surface area contributed by atoms with Gasteiger partial charge in [-0.05, 0) is 43.2 Å². The van der Waals surface area contributed by atoms with Crippen LogP contribution in [-0.2, 0) is 17.9 Å². The van der Waals surface area contributed by atoms with E-state index in [-0.39, 0.29) is 5.91 Å². The van der Waals surface area contributed by atoms with Gasteiger partial charge in [0.15, 0.2) is 0 Å². The molecule has 164 valence electrons. The molecule has 4 heterocycles. The first-order valence-electron chi connectivity index (χ1n) is 10.9. The minimum absolute atomic E-state index is 0.0351. The molecule has 0 aliphatic heterocycles. The largest absolute Gasteiger partial charge is 0.383 e. The zero-order chi connectivity index (χ0) is 22.4. The summed E-state index contributed by atoms with van der Waals surface area (Å²) in [5.41, 5.74) is 10.1. The van der Waals surface area contributed by atoms with E-state index in [0.29, 0.717) is 18.9 Å². The average molecular weight is 438 g/mol. The van der Waals surface area contributed by atoms with Gasteiger partial charge in [0, 0.05) is 29.5 Å². The van der Waals surface area contributed by atoms with Crippen molar-refractivity contribution in [3.8, 4) is 11.3 Å². The molecule has 5 aromatic rings. The molecule has 0 bridgehead atoms. The predicted octanol–water partition coefficient (Wildman–Crippen LogP) is 3.05. The van der Waals surface area contributed by atoms with E-state index in [4.69, 9.17) is 10.8 Å². The maximum Gasteiger partial charge on any atom is 0.228 e. The zero-order valence-corrected chi connectivity index (χ0v) is 17.8. The second-order valence-electron chi connectivity index (χ2n) is 8.57. The van der Waals surface area contributed by atoms with Crippen LogP contribution in [0.5, 0.6) is 0 Å². The highest BCUT2D eigenvalue weighted by molar-refractivity contribution is 6.08. The highest BCUT2D eigenvalue weighted by Gasteiger charge is 2.50. The fourth-order valence-corrected chi connectivity index (χ4v) is 4.27. The molecule has 1 saturated carbocycles. The number of anilines is 1. The van der Waals surface area contributed by atoms with Crippen molar-refractivity contribution in [3.05, 3.63) is 66.7 Å². The summed E-state index contributed by atoms with van der Waals surface area (Å²) in [6.07, 6.45) is 7.00. The van der Waals surface area contributed by atoms with Crippen molar-refractivity contribution in [1.82, 2.24) is 35.3 Å². The minimum atomic E-state index is -0.442. The minimum Gasteiger partial charge on any atom is -0.383 e. The van der Waals surface area contributed by atoms with Crippen molar-refractivity contribution in [2.45, 2.75) is 25.9 Å². The number of H-pyrrole nitrogens is 1. The lowest BCUT2D eigenvalue weighted by Crippen LogP contribution is -2.34. The topological polar surface area (TPSA) is 127 Å². The third kappa shape index (κ3) is 3.47. The van der Waals surface area contributed by atoms with Crippen molar-refractivity contribution >= 4 is 33.5 Å². The first-order valence-corrected chi connectivity index (χ1v) is 10.9. The van der Waals surface area contributed by atoms with Crippen molar-refractivity contribution in [2.24, 2.45) is 5.41 Å². The summed E-state index contributed by atoms with van der Waals surface area (Å²) in [6.45, 7) is 0.922. The predicted molar refractivity (Wildman–Crippen MR) is 125 cm³/mol. The SMILES string of the molecule is Nc1nc2cc(-c3ccn[nH]3)ccc2c2nn(CC3(C(=O)NCc4ccccn4)CC3)cc12. The van der Waals surface area contributed by atoms with E-state index in [1.807, 2.05) is 53.3 Å². The molecular formula is C24H22N8O. The number of aromatic amines is 1. The Morgan fingerprint density at radius 3 is 2.82 bits per heavy atom. The van der Waals surface area contributed by atoms with Crippen LogP contribution in [-0.4, -0.2) is 35.9 Å². The highest BCUT2D eigenvalue weighted by atomic mass is 16.2. The van der Waals surface area contributed by atoms with Crippen LogP contribution in [0.2, 0.25) is 0 Å². The zero-order valence-electron chi connectivity index (χ0n) is 17.8. The summed E-state index contributed by atoms with van der Waals surface area (Å²) >= 11 is 0. The molecule has 1 aliphatic carbocycles. The monoisotopic (exact) mass is 438 g/mol. The molecule has 0 atom stereocenters. The molecule has 0 spiro atoms. The molecule has 1 amide bonds. The van der Waals surface area contributed by atoms with Crippen molar-refractivity contribution < 1.29 is 4.79 Å². The van der Waals surface area contributed by atoms with E-state index in [1.54, 1.807) is 12.4 Å². The van der Waals surface area contributed by atoms with Crippen LogP contribution in [0.3, 0.4) is 0 Å². The van der Waals surface area contributed by atoms with E-state index in [1.165, 1.54) is 0 Å². The molecule has 1 aliphatic rings. The first kappa shape index (κ1) is 19.4. The quantitative estimate of drug-likeness (QED) is 0.374. The Morgan fingerprint density at radius 2 is 2.06 bits per heavy atom. The first-order chi connectivity index (χ1) is 16.1. The van der Waals surface area contributed by atoms with Gasteiger partial charge >= 0.3 is 0 Å². The van der Waals surface area contributed by atoms with Crippen LogP contribution in [0.25, 0.3) is 33.1 Å². The molecule has 4 N–H and O–H groups in total. The molecule has 9 heteroatoms. The highest BCUT2D eigenvalue weighted by Crippen LogP contribution is 2.47. The van der Waals surface area contributed by atoms with Gasteiger partial charge in [0.25, 0.3) is 0 Å². The standard InChI is InChI=1S/C24H22N8O/c25-22-18-13-32(14-24(7-8-24)23(33)27-12-16-3-1-2-9-26-16)31-21(18)17-5-4-15(11-20(17)29-22)19-6-10-28-30-19/h1-6,9-11,13H,7-8,12,14H2,(H2,25,29)(H,27,33)(H,28,30). The van der Waals surface area contributed by atoms with E-state index >= 15 is 0 Å². The lowest BCUT2D eigenvalue weighted by Gasteiger charge is -2.15. The Balaban J connectivity index is 1.28. The number of fused-ring (bicyclic) bond motifs is 3. The number of carbonyl (C=O) groups is 1. The molecule has 0 radical (unpaired) electrons. The van der Waals surface area contributed by atoms with Gasteiger partial charge < -0.3 is 11.1 Å². The van der Waals surface area contributed by atoms with E-state index in [0.717, 1.165) is 51.6 Å². The Bertz CT molecular complexity index is 1470. The molecule has 1 aromatic carbocycles. The van der Waals surface area contributed by atoms with Gasteiger partial charge in [0.05, 0.1) is 40.8 Å². The Hall–Kier alpha value is -4.27. The summed E-state index contributed by atoms with van der Waals surface area (Å²) in [4.78, 5) is 21.8. The van der Waals surface area contributed by atoms with Crippen LogP contribution < -0.4 is 11.1 Å². The normalized spacial score (nSPS) is 14.5. The smallest absolute Gasteiger partial charge is 0.228 e. The van der Waals surface area contributed by atoms with Gasteiger partial charge in [0.1, 0.15) is 11.3 Å². The van der Waals surface area contributed by atoms with Gasteiger partial charge in [-0.1, -0.05) is 12.1 Å². The molecule has 0 saturated heterocycles. The molecule has 6 rings (SSSR count). The number of rotatable bonds is 6. The number of hydrogen-bond acceptors (Lipinski definition) is 6. The maximum absolute atomic E-state index is 12.9. The van der Waals surface area contributed by atoms with Crippen LogP contribution >= 0.6 is 0 Å². The van der Waals surface area contributed by atoms with Crippen molar-refractivity contribution in [2.75, 3.05) is 5.73 Å². The Morgan fingerprint density at radius 1 is 1.15 bits per heavy atom. The summed E-state index contributed by atoms with van der Waals surface area (Å²) in [5, 5.41) is 16.5. The van der Waals surface area contributed by atoms with Gasteiger partial charge in [-0.2, -0.15) is 10.2 Å². The van der Waals surface area contributed by atoms with Crippen LogP contribution in [0.15, 0.2) is 61.1 Å². The number of nitrogens with one attached hydrogen (secondary N) is 2. The number of pyridine rings is 2. The van der Waals surface area contributed by atoms with Crippen LogP contribution in [0, 0.1) is 5.41 Å². The number of aromatic nitrogens is 6. The van der Waals surface area contributed by atoms with E-state index < -0.39 is 5.41 Å². The molecule has 33 heavy (non-hydrogen) atoms. The molecular weight excluding hydrogens is 416 g/mol.